The summed E-state index contributed by atoms with van der Waals surface area (Å²) in [5.74, 6) is -0.835. The van der Waals surface area contributed by atoms with Crippen LogP contribution in [0.2, 0.25) is 0 Å². The van der Waals surface area contributed by atoms with E-state index in [-0.39, 0.29) is 17.3 Å². The molecule has 0 atom stereocenters. The monoisotopic (exact) mass is 377 g/mol. The number of halogens is 1. The molecule has 3 saturated heterocycles. The van der Waals surface area contributed by atoms with Crippen LogP contribution in [-0.4, -0.2) is 67.8 Å². The number of likely N-dealkylation sites (N-methyl/N-ethyl adjacent to an activating group) is 1. The lowest BCUT2D eigenvalue weighted by molar-refractivity contribution is -0.172. The fourth-order valence-electron chi connectivity index (χ4n) is 4.58. The lowest BCUT2D eigenvalue weighted by Crippen LogP contribution is -2.55. The first-order valence-electron chi connectivity index (χ1n) is 9.80. The van der Waals surface area contributed by atoms with Crippen LogP contribution in [0.5, 0.6) is 0 Å². The Kier molecular flexibility index (Phi) is 5.20. The van der Waals surface area contributed by atoms with E-state index in [2.05, 4.69) is 15.1 Å². The number of piperidine rings is 1. The molecular weight excluding hydrogens is 349 g/mol. The Morgan fingerprint density at radius 1 is 1.15 bits per heavy atom. The Morgan fingerprint density at radius 3 is 2.41 bits per heavy atom. The van der Waals surface area contributed by atoms with E-state index in [0.29, 0.717) is 19.9 Å². The third kappa shape index (κ3) is 3.49. The highest BCUT2D eigenvalue weighted by atomic mass is 19.1. The summed E-state index contributed by atoms with van der Waals surface area (Å²) >= 11 is 0. The van der Waals surface area contributed by atoms with Crippen molar-refractivity contribution in [2.75, 3.05) is 46.6 Å². The normalized spacial score (nSPS) is 25.2. The van der Waals surface area contributed by atoms with E-state index in [0.717, 1.165) is 50.9 Å². The van der Waals surface area contributed by atoms with Crippen LogP contribution in [0.15, 0.2) is 24.3 Å². The quantitative estimate of drug-likeness (QED) is 0.846. The number of ether oxygens (including phenoxy) is 2. The van der Waals surface area contributed by atoms with Crippen LogP contribution >= 0.6 is 0 Å². The molecule has 0 aliphatic carbocycles. The van der Waals surface area contributed by atoms with Crippen LogP contribution in [-0.2, 0) is 20.1 Å². The van der Waals surface area contributed by atoms with Gasteiger partial charge in [-0.1, -0.05) is 12.1 Å². The number of rotatable bonds is 5. The van der Waals surface area contributed by atoms with E-state index in [1.807, 2.05) is 7.05 Å². The predicted molar refractivity (Wildman–Crippen MR) is 98.4 cm³/mol. The largest absolute Gasteiger partial charge is 0.343 e. The molecule has 1 aromatic rings. The minimum atomic E-state index is -0.754. The molecule has 0 aromatic heterocycles. The van der Waals surface area contributed by atoms with Crippen molar-refractivity contribution in [3.05, 3.63) is 35.6 Å². The van der Waals surface area contributed by atoms with E-state index >= 15 is 0 Å². The molecule has 1 spiro atoms. The number of likely N-dealkylation sites (tertiary alicyclic amines) is 1. The maximum Gasteiger partial charge on any atom is 0.241 e. The summed E-state index contributed by atoms with van der Waals surface area (Å²) in [6.07, 6.45) is 3.39. The predicted octanol–water partition coefficient (Wildman–Crippen LogP) is 1.66. The fraction of sp³-hybridized carbons (Fsp3) is 0.650. The second-order valence-corrected chi connectivity index (χ2v) is 7.80. The Labute approximate surface area is 159 Å². The summed E-state index contributed by atoms with van der Waals surface area (Å²) in [5, 5.41) is 2.96. The van der Waals surface area contributed by atoms with Gasteiger partial charge in [0, 0.05) is 25.1 Å². The number of carbonyl (C=O) groups is 1. The molecule has 0 radical (unpaired) electrons. The zero-order valence-electron chi connectivity index (χ0n) is 15.9. The minimum absolute atomic E-state index is 0.174. The molecule has 0 unspecified atom stereocenters. The van der Waals surface area contributed by atoms with Crippen LogP contribution in [0.4, 0.5) is 4.39 Å². The van der Waals surface area contributed by atoms with Gasteiger partial charge in [0.2, 0.25) is 5.91 Å². The van der Waals surface area contributed by atoms with Gasteiger partial charge in [0.25, 0.3) is 0 Å². The van der Waals surface area contributed by atoms with Gasteiger partial charge in [0.1, 0.15) is 11.4 Å². The maximum atomic E-state index is 13.3. The first-order valence-corrected chi connectivity index (χ1v) is 9.80. The molecule has 6 nitrogen and oxygen atoms in total. The Hall–Kier alpha value is -1.54. The molecule has 7 heteroatoms. The molecule has 3 heterocycles. The molecule has 1 N–H and O–H groups in total. The third-order valence-electron chi connectivity index (χ3n) is 6.33. The highest BCUT2D eigenvalue weighted by Crippen LogP contribution is 2.37. The van der Waals surface area contributed by atoms with Crippen molar-refractivity contribution < 1.29 is 18.7 Å². The molecule has 27 heavy (non-hydrogen) atoms. The molecular formula is C20H28FN3O3. The number of amides is 1. The highest BCUT2D eigenvalue weighted by Gasteiger charge is 2.48. The lowest BCUT2D eigenvalue weighted by Gasteiger charge is -2.41. The van der Waals surface area contributed by atoms with Gasteiger partial charge in [-0.15, -0.1) is 0 Å². The molecule has 3 aliphatic rings. The zero-order chi connectivity index (χ0) is 18.9. The van der Waals surface area contributed by atoms with E-state index < -0.39 is 5.79 Å². The number of hydrogen-bond donors (Lipinski definition) is 1. The standard InChI is InChI=1S/C20H28FN3O3/c1-23-15-22-18(25)19(23)8-11-24(12-9-19)10-2-7-20(26-13-14-27-20)16-3-5-17(21)6-4-16/h3-6H,2,7-15H2,1H3,(H,22,25). The molecule has 0 saturated carbocycles. The topological polar surface area (TPSA) is 54.0 Å². The number of hydrogen-bond acceptors (Lipinski definition) is 5. The van der Waals surface area contributed by atoms with Crippen molar-refractivity contribution in [1.82, 2.24) is 15.1 Å². The average Bonchev–Trinajstić information content (AvgIpc) is 3.26. The molecule has 3 aliphatic heterocycles. The van der Waals surface area contributed by atoms with Gasteiger partial charge in [-0.05, 0) is 45.0 Å². The summed E-state index contributed by atoms with van der Waals surface area (Å²) in [7, 11) is 2.02. The van der Waals surface area contributed by atoms with Crippen molar-refractivity contribution in [2.45, 2.75) is 37.0 Å². The number of nitrogens with zero attached hydrogens (tertiary/aromatic N) is 2. The summed E-state index contributed by atoms with van der Waals surface area (Å²) in [4.78, 5) is 16.8. The minimum Gasteiger partial charge on any atom is -0.343 e. The van der Waals surface area contributed by atoms with Crippen LogP contribution < -0.4 is 5.32 Å². The lowest BCUT2D eigenvalue weighted by atomic mass is 9.86. The van der Waals surface area contributed by atoms with Gasteiger partial charge in [0.05, 0.1) is 19.9 Å². The van der Waals surface area contributed by atoms with Crippen molar-refractivity contribution in [2.24, 2.45) is 0 Å². The van der Waals surface area contributed by atoms with Crippen molar-refractivity contribution in [3.8, 4) is 0 Å². The van der Waals surface area contributed by atoms with Gasteiger partial charge in [0.15, 0.2) is 5.79 Å². The second kappa shape index (κ2) is 7.47. The summed E-state index contributed by atoms with van der Waals surface area (Å²) in [5.41, 5.74) is 0.562. The van der Waals surface area contributed by atoms with Crippen LogP contribution in [0.3, 0.4) is 0 Å². The maximum absolute atomic E-state index is 13.3. The Balaban J connectivity index is 1.31. The van der Waals surface area contributed by atoms with Gasteiger partial charge in [-0.25, -0.2) is 4.39 Å². The van der Waals surface area contributed by atoms with Gasteiger partial charge >= 0.3 is 0 Å². The first-order chi connectivity index (χ1) is 13.0. The van der Waals surface area contributed by atoms with Crippen LogP contribution in [0.1, 0.15) is 31.2 Å². The average molecular weight is 377 g/mol. The van der Waals surface area contributed by atoms with E-state index in [1.54, 1.807) is 12.1 Å². The fourth-order valence-corrected chi connectivity index (χ4v) is 4.58. The van der Waals surface area contributed by atoms with E-state index in [4.69, 9.17) is 9.47 Å². The third-order valence-corrected chi connectivity index (χ3v) is 6.33. The van der Waals surface area contributed by atoms with Crippen LogP contribution in [0.25, 0.3) is 0 Å². The van der Waals surface area contributed by atoms with Crippen molar-refractivity contribution in [1.29, 1.82) is 0 Å². The molecule has 3 fully saturated rings. The Morgan fingerprint density at radius 2 is 1.81 bits per heavy atom. The van der Waals surface area contributed by atoms with Crippen molar-refractivity contribution in [3.63, 3.8) is 0 Å². The number of nitrogens with one attached hydrogen (secondary N) is 1. The van der Waals surface area contributed by atoms with Gasteiger partial charge in [-0.2, -0.15) is 0 Å². The number of benzene rings is 1. The smallest absolute Gasteiger partial charge is 0.241 e. The molecule has 148 valence electrons. The molecule has 4 rings (SSSR count). The van der Waals surface area contributed by atoms with Gasteiger partial charge in [-0.3, -0.25) is 9.69 Å². The highest BCUT2D eigenvalue weighted by molar-refractivity contribution is 5.88. The molecule has 1 amide bonds. The van der Waals surface area contributed by atoms with Crippen molar-refractivity contribution >= 4 is 5.91 Å². The summed E-state index contributed by atoms with van der Waals surface area (Å²) < 4.78 is 25.1. The molecule has 0 bridgehead atoms. The zero-order valence-corrected chi connectivity index (χ0v) is 15.9. The van der Waals surface area contributed by atoms with E-state index in [9.17, 15) is 9.18 Å². The number of carbonyl (C=O) groups excluding carboxylic acids is 1. The summed E-state index contributed by atoms with van der Waals surface area (Å²) in [6, 6.07) is 6.41. The second-order valence-electron chi connectivity index (χ2n) is 7.80. The first kappa shape index (κ1) is 18.8. The van der Waals surface area contributed by atoms with Crippen LogP contribution in [0, 0.1) is 5.82 Å². The SMILES string of the molecule is CN1CNC(=O)C12CCN(CCCC1(c3ccc(F)cc3)OCCO1)CC2. The van der Waals surface area contributed by atoms with E-state index in [1.165, 1.54) is 12.1 Å². The van der Waals surface area contributed by atoms with Gasteiger partial charge < -0.3 is 19.7 Å². The summed E-state index contributed by atoms with van der Waals surface area (Å²) in [6.45, 7) is 4.55. The Bertz CT molecular complexity index is 668. The molecule has 1 aromatic carbocycles.